The third kappa shape index (κ3) is 4.04. The molecular weight excluding hydrogens is 182 g/mol. The van der Waals surface area contributed by atoms with Gasteiger partial charge in [0.15, 0.2) is 5.69 Å². The van der Waals surface area contributed by atoms with Crippen molar-refractivity contribution in [3.63, 3.8) is 0 Å². The Morgan fingerprint density at radius 2 is 2.14 bits per heavy atom. The zero-order chi connectivity index (χ0) is 10.2. The van der Waals surface area contributed by atoms with Gasteiger partial charge in [-0.2, -0.15) is 0 Å². The second kappa shape index (κ2) is 6.15. The van der Waals surface area contributed by atoms with Crippen molar-refractivity contribution >= 4 is 5.91 Å². The number of nitrogens with two attached hydrogens (primary N) is 1. The maximum absolute atomic E-state index is 10.2. The molecule has 1 saturated heterocycles. The molecule has 0 radical (unpaired) electrons. The number of carbonyl (C=O) groups is 1. The van der Waals surface area contributed by atoms with Crippen molar-refractivity contribution in [2.75, 3.05) is 13.1 Å². The first-order valence-electron chi connectivity index (χ1n) is 4.71. The highest BCUT2D eigenvalue weighted by atomic mass is 16.5. The molecular formula is C9H15N3O2. The number of aromatic nitrogens is 1. The number of nitrogens with one attached hydrogen (secondary N) is 1. The molecule has 3 N–H and O–H groups in total. The first-order valence-corrected chi connectivity index (χ1v) is 4.71. The van der Waals surface area contributed by atoms with E-state index in [2.05, 4.69) is 15.0 Å². The average molecular weight is 197 g/mol. The van der Waals surface area contributed by atoms with E-state index in [0.717, 1.165) is 0 Å². The minimum Gasteiger partial charge on any atom is -0.364 e. The van der Waals surface area contributed by atoms with Crippen molar-refractivity contribution in [3.05, 3.63) is 18.0 Å². The van der Waals surface area contributed by atoms with Crippen molar-refractivity contribution in [2.24, 2.45) is 5.73 Å². The predicted octanol–water partition coefficient (Wildman–Crippen LogP) is 0.533. The van der Waals surface area contributed by atoms with Gasteiger partial charge in [0.25, 0.3) is 5.91 Å². The first-order chi connectivity index (χ1) is 6.80. The van der Waals surface area contributed by atoms with Crippen LogP contribution in [0, 0.1) is 0 Å². The molecule has 0 spiro atoms. The van der Waals surface area contributed by atoms with Gasteiger partial charge in [0.1, 0.15) is 6.26 Å². The third-order valence-electron chi connectivity index (χ3n) is 1.90. The van der Waals surface area contributed by atoms with Crippen LogP contribution in [0.2, 0.25) is 0 Å². The molecule has 1 aromatic rings. The Bertz CT molecular complexity index is 244. The van der Waals surface area contributed by atoms with Crippen LogP contribution in [0.1, 0.15) is 29.8 Å². The predicted molar refractivity (Wildman–Crippen MR) is 51.7 cm³/mol. The number of carbonyl (C=O) groups excluding carboxylic acids is 1. The lowest BCUT2D eigenvalue weighted by Gasteiger charge is -2.08. The van der Waals surface area contributed by atoms with Crippen LogP contribution in [0.5, 0.6) is 0 Å². The lowest BCUT2D eigenvalue weighted by molar-refractivity contribution is 0.0991. The Hall–Kier alpha value is -1.36. The van der Waals surface area contributed by atoms with Gasteiger partial charge in [0, 0.05) is 6.07 Å². The van der Waals surface area contributed by atoms with Crippen molar-refractivity contribution in [1.82, 2.24) is 10.5 Å². The van der Waals surface area contributed by atoms with E-state index in [-0.39, 0.29) is 5.69 Å². The molecule has 1 amide bonds. The number of amides is 1. The fraction of sp³-hybridized carbons (Fsp3) is 0.556. The maximum Gasteiger partial charge on any atom is 0.270 e. The Kier molecular flexibility index (Phi) is 4.71. The van der Waals surface area contributed by atoms with Gasteiger partial charge < -0.3 is 15.6 Å². The molecule has 0 unspecified atom stereocenters. The minimum absolute atomic E-state index is 0.157. The van der Waals surface area contributed by atoms with Crippen molar-refractivity contribution < 1.29 is 9.32 Å². The standard InChI is InChI=1S/C5H11N.C4H4N2O2/c1-2-4-6-5-3-1;5-4(7)3-1-2-8-6-3/h6H,1-5H2;1-2H,(H2,5,7). The summed E-state index contributed by atoms with van der Waals surface area (Å²) in [5.41, 5.74) is 4.95. The highest BCUT2D eigenvalue weighted by Crippen LogP contribution is 1.96. The molecule has 0 saturated carbocycles. The van der Waals surface area contributed by atoms with Crippen LogP contribution < -0.4 is 11.1 Å². The molecule has 5 nitrogen and oxygen atoms in total. The molecule has 2 rings (SSSR count). The van der Waals surface area contributed by atoms with E-state index >= 15 is 0 Å². The summed E-state index contributed by atoms with van der Waals surface area (Å²) in [6.45, 7) is 2.50. The topological polar surface area (TPSA) is 81.1 Å². The van der Waals surface area contributed by atoms with Crippen LogP contribution in [0.4, 0.5) is 0 Å². The number of hydrogen-bond acceptors (Lipinski definition) is 4. The molecule has 1 aromatic heterocycles. The molecule has 1 aliphatic rings. The van der Waals surface area contributed by atoms with E-state index in [1.807, 2.05) is 0 Å². The van der Waals surface area contributed by atoms with Crippen LogP contribution >= 0.6 is 0 Å². The molecule has 1 fully saturated rings. The fourth-order valence-corrected chi connectivity index (χ4v) is 1.14. The summed E-state index contributed by atoms with van der Waals surface area (Å²) in [4.78, 5) is 10.2. The van der Waals surface area contributed by atoms with Gasteiger partial charge in [-0.15, -0.1) is 0 Å². The van der Waals surface area contributed by atoms with Gasteiger partial charge in [-0.05, 0) is 25.9 Å². The van der Waals surface area contributed by atoms with Crippen LogP contribution in [-0.2, 0) is 0 Å². The monoisotopic (exact) mass is 197 g/mol. The lowest BCUT2D eigenvalue weighted by Crippen LogP contribution is -2.21. The Morgan fingerprint density at radius 1 is 1.43 bits per heavy atom. The lowest BCUT2D eigenvalue weighted by atomic mass is 10.2. The third-order valence-corrected chi connectivity index (χ3v) is 1.90. The zero-order valence-corrected chi connectivity index (χ0v) is 8.03. The highest BCUT2D eigenvalue weighted by Gasteiger charge is 2.00. The summed E-state index contributed by atoms with van der Waals surface area (Å²) in [5.74, 6) is -0.571. The summed E-state index contributed by atoms with van der Waals surface area (Å²) >= 11 is 0. The Morgan fingerprint density at radius 3 is 2.36 bits per heavy atom. The molecule has 2 heterocycles. The normalized spacial score (nSPS) is 15.4. The largest absolute Gasteiger partial charge is 0.364 e. The average Bonchev–Trinajstić information content (AvgIpc) is 2.74. The quantitative estimate of drug-likeness (QED) is 0.688. The highest BCUT2D eigenvalue weighted by molar-refractivity contribution is 5.90. The Labute approximate surface area is 82.6 Å². The van der Waals surface area contributed by atoms with E-state index in [1.165, 1.54) is 44.7 Å². The molecule has 0 atom stereocenters. The molecule has 1 aliphatic heterocycles. The number of nitrogens with zero attached hydrogens (tertiary/aromatic N) is 1. The van der Waals surface area contributed by atoms with Crippen LogP contribution in [0.25, 0.3) is 0 Å². The number of primary amides is 1. The fourth-order valence-electron chi connectivity index (χ4n) is 1.14. The number of rotatable bonds is 1. The van der Waals surface area contributed by atoms with Crippen LogP contribution in [0.3, 0.4) is 0 Å². The molecule has 78 valence electrons. The molecule has 0 bridgehead atoms. The first kappa shape index (κ1) is 10.7. The van der Waals surface area contributed by atoms with E-state index in [0.29, 0.717) is 0 Å². The van der Waals surface area contributed by atoms with Gasteiger partial charge >= 0.3 is 0 Å². The van der Waals surface area contributed by atoms with Gasteiger partial charge in [-0.1, -0.05) is 11.6 Å². The Balaban J connectivity index is 0.000000146. The van der Waals surface area contributed by atoms with Crippen LogP contribution in [0.15, 0.2) is 16.9 Å². The summed E-state index contributed by atoms with van der Waals surface area (Å²) in [6, 6.07) is 1.41. The van der Waals surface area contributed by atoms with Gasteiger partial charge in [-0.25, -0.2) is 0 Å². The minimum atomic E-state index is -0.571. The van der Waals surface area contributed by atoms with Gasteiger partial charge in [0.2, 0.25) is 0 Å². The van der Waals surface area contributed by atoms with Crippen LogP contribution in [-0.4, -0.2) is 24.2 Å². The summed E-state index contributed by atoms with van der Waals surface area (Å²) < 4.78 is 4.32. The SMILES string of the molecule is C1CCNCC1.NC(=O)c1ccon1. The summed E-state index contributed by atoms with van der Waals surface area (Å²) in [6.07, 6.45) is 5.51. The van der Waals surface area contributed by atoms with E-state index in [1.54, 1.807) is 0 Å². The van der Waals surface area contributed by atoms with Crippen molar-refractivity contribution in [1.29, 1.82) is 0 Å². The van der Waals surface area contributed by atoms with E-state index in [4.69, 9.17) is 5.73 Å². The van der Waals surface area contributed by atoms with Crippen molar-refractivity contribution in [2.45, 2.75) is 19.3 Å². The second-order valence-corrected chi connectivity index (χ2v) is 3.06. The van der Waals surface area contributed by atoms with E-state index < -0.39 is 5.91 Å². The van der Waals surface area contributed by atoms with Gasteiger partial charge in [0.05, 0.1) is 0 Å². The second-order valence-electron chi connectivity index (χ2n) is 3.06. The zero-order valence-electron chi connectivity index (χ0n) is 8.03. The van der Waals surface area contributed by atoms with Crippen molar-refractivity contribution in [3.8, 4) is 0 Å². The van der Waals surface area contributed by atoms with E-state index in [9.17, 15) is 4.79 Å². The molecule has 14 heavy (non-hydrogen) atoms. The maximum atomic E-state index is 10.2. The molecule has 0 aromatic carbocycles. The summed E-state index contributed by atoms with van der Waals surface area (Å²) in [5, 5.41) is 6.55. The number of piperidine rings is 1. The smallest absolute Gasteiger partial charge is 0.270 e. The summed E-state index contributed by atoms with van der Waals surface area (Å²) in [7, 11) is 0. The molecule has 0 aliphatic carbocycles. The van der Waals surface area contributed by atoms with Gasteiger partial charge in [-0.3, -0.25) is 4.79 Å². The molecule has 5 heteroatoms. The number of hydrogen-bond donors (Lipinski definition) is 2.